The number of methoxy groups -OCH3 is 1. The molecule has 106 valence electrons. The van der Waals surface area contributed by atoms with Gasteiger partial charge in [-0.15, -0.1) is 0 Å². The van der Waals surface area contributed by atoms with Crippen molar-refractivity contribution < 1.29 is 4.74 Å². The van der Waals surface area contributed by atoms with E-state index in [-0.39, 0.29) is 6.04 Å². The normalized spacial score (nSPS) is 12.2. The van der Waals surface area contributed by atoms with Crippen LogP contribution in [0, 0.1) is 6.92 Å². The van der Waals surface area contributed by atoms with E-state index in [0.29, 0.717) is 0 Å². The Kier molecular flexibility index (Phi) is 5.21. The predicted octanol–water partition coefficient (Wildman–Crippen LogP) is 4.47. The van der Waals surface area contributed by atoms with Crippen molar-refractivity contribution in [2.24, 2.45) is 0 Å². The van der Waals surface area contributed by atoms with Crippen LogP contribution < -0.4 is 10.1 Å². The Hall–Kier alpha value is -1.32. The number of aryl methyl sites for hydroxylation is 1. The summed E-state index contributed by atoms with van der Waals surface area (Å²) in [6.07, 6.45) is 0. The number of benzene rings is 2. The van der Waals surface area contributed by atoms with Gasteiger partial charge < -0.3 is 10.1 Å². The van der Waals surface area contributed by atoms with E-state index >= 15 is 0 Å². The van der Waals surface area contributed by atoms with E-state index in [1.807, 2.05) is 12.1 Å². The van der Waals surface area contributed by atoms with Gasteiger partial charge in [-0.2, -0.15) is 0 Å². The standard InChI is InChI=1S/C17H20BrNO/c1-4-19-17(14-10-9-13(18)11-12(14)2)15-7-5-6-8-16(15)20-3/h5-11,17,19H,4H2,1-3H3. The van der Waals surface area contributed by atoms with Crippen LogP contribution in [0.1, 0.15) is 29.7 Å². The lowest BCUT2D eigenvalue weighted by Crippen LogP contribution is -2.23. The van der Waals surface area contributed by atoms with Crippen LogP contribution in [0.4, 0.5) is 0 Å². The van der Waals surface area contributed by atoms with Gasteiger partial charge in [-0.3, -0.25) is 0 Å². The molecule has 1 N–H and O–H groups in total. The minimum Gasteiger partial charge on any atom is -0.496 e. The predicted molar refractivity (Wildman–Crippen MR) is 87.4 cm³/mol. The molecule has 3 heteroatoms. The molecule has 20 heavy (non-hydrogen) atoms. The fourth-order valence-electron chi connectivity index (χ4n) is 2.46. The van der Waals surface area contributed by atoms with Gasteiger partial charge in [0, 0.05) is 10.0 Å². The SMILES string of the molecule is CCNC(c1ccc(Br)cc1C)c1ccccc1OC. The molecule has 0 bridgehead atoms. The second kappa shape index (κ2) is 6.91. The maximum absolute atomic E-state index is 5.51. The highest BCUT2D eigenvalue weighted by Crippen LogP contribution is 2.32. The van der Waals surface area contributed by atoms with Gasteiger partial charge in [0.2, 0.25) is 0 Å². The summed E-state index contributed by atoms with van der Waals surface area (Å²) in [5, 5.41) is 3.55. The number of para-hydroxylation sites is 1. The molecule has 0 saturated heterocycles. The van der Waals surface area contributed by atoms with E-state index in [0.717, 1.165) is 16.8 Å². The first-order valence-electron chi connectivity index (χ1n) is 6.79. The lowest BCUT2D eigenvalue weighted by Gasteiger charge is -2.23. The van der Waals surface area contributed by atoms with Gasteiger partial charge in [0.1, 0.15) is 5.75 Å². The van der Waals surface area contributed by atoms with E-state index in [1.54, 1.807) is 7.11 Å². The first-order chi connectivity index (χ1) is 9.67. The van der Waals surface area contributed by atoms with Crippen LogP contribution in [0.15, 0.2) is 46.9 Å². The first-order valence-corrected chi connectivity index (χ1v) is 7.59. The van der Waals surface area contributed by atoms with Gasteiger partial charge in [-0.05, 0) is 42.8 Å². The molecule has 0 amide bonds. The zero-order chi connectivity index (χ0) is 14.5. The summed E-state index contributed by atoms with van der Waals surface area (Å²) in [6.45, 7) is 5.16. The van der Waals surface area contributed by atoms with Gasteiger partial charge in [-0.1, -0.05) is 47.1 Å². The Morgan fingerprint density at radius 2 is 1.90 bits per heavy atom. The van der Waals surface area contributed by atoms with Gasteiger partial charge in [-0.25, -0.2) is 0 Å². The molecule has 0 aromatic heterocycles. The highest BCUT2D eigenvalue weighted by molar-refractivity contribution is 9.10. The smallest absolute Gasteiger partial charge is 0.123 e. The average molecular weight is 334 g/mol. The first kappa shape index (κ1) is 15.1. The minimum absolute atomic E-state index is 0.143. The molecular formula is C17H20BrNO. The molecule has 0 radical (unpaired) electrons. The minimum atomic E-state index is 0.143. The largest absolute Gasteiger partial charge is 0.496 e. The Labute approximate surface area is 129 Å². The highest BCUT2D eigenvalue weighted by Gasteiger charge is 2.18. The Morgan fingerprint density at radius 3 is 2.55 bits per heavy atom. The average Bonchev–Trinajstić information content (AvgIpc) is 2.45. The fourth-order valence-corrected chi connectivity index (χ4v) is 2.94. The molecule has 2 nitrogen and oxygen atoms in total. The lowest BCUT2D eigenvalue weighted by molar-refractivity contribution is 0.404. The quantitative estimate of drug-likeness (QED) is 0.871. The maximum atomic E-state index is 5.51. The van der Waals surface area contributed by atoms with Gasteiger partial charge in [0.05, 0.1) is 13.2 Å². The third-order valence-electron chi connectivity index (χ3n) is 3.40. The van der Waals surface area contributed by atoms with Crippen LogP contribution in [0.5, 0.6) is 5.75 Å². The van der Waals surface area contributed by atoms with Crippen LogP contribution in [0.3, 0.4) is 0 Å². The monoisotopic (exact) mass is 333 g/mol. The third kappa shape index (κ3) is 3.22. The zero-order valence-electron chi connectivity index (χ0n) is 12.1. The number of rotatable bonds is 5. The van der Waals surface area contributed by atoms with Crippen LogP contribution in [-0.2, 0) is 0 Å². The van der Waals surface area contributed by atoms with E-state index in [1.165, 1.54) is 16.7 Å². The van der Waals surface area contributed by atoms with Crippen molar-refractivity contribution in [2.45, 2.75) is 19.9 Å². The molecule has 2 aromatic carbocycles. The van der Waals surface area contributed by atoms with E-state index in [4.69, 9.17) is 4.74 Å². The Balaban J connectivity index is 2.50. The van der Waals surface area contributed by atoms with Crippen LogP contribution in [0.25, 0.3) is 0 Å². The summed E-state index contributed by atoms with van der Waals surface area (Å²) in [5.74, 6) is 0.917. The maximum Gasteiger partial charge on any atom is 0.123 e. The molecule has 0 fully saturated rings. The molecule has 1 unspecified atom stereocenters. The lowest BCUT2D eigenvalue weighted by atomic mass is 9.94. The van der Waals surface area contributed by atoms with Crippen molar-refractivity contribution >= 4 is 15.9 Å². The number of halogens is 1. The molecule has 2 rings (SSSR count). The topological polar surface area (TPSA) is 21.3 Å². The molecule has 0 aliphatic carbocycles. The second-order valence-electron chi connectivity index (χ2n) is 4.73. The summed E-state index contributed by atoms with van der Waals surface area (Å²) in [7, 11) is 1.72. The number of nitrogens with one attached hydrogen (secondary N) is 1. The van der Waals surface area contributed by atoms with E-state index < -0.39 is 0 Å². The fraction of sp³-hybridized carbons (Fsp3) is 0.294. The summed E-state index contributed by atoms with van der Waals surface area (Å²) in [4.78, 5) is 0. The van der Waals surface area contributed by atoms with Crippen molar-refractivity contribution in [3.8, 4) is 5.75 Å². The molecule has 0 aliphatic rings. The van der Waals surface area contributed by atoms with E-state index in [2.05, 4.69) is 65.4 Å². The molecule has 2 aromatic rings. The molecular weight excluding hydrogens is 314 g/mol. The van der Waals surface area contributed by atoms with Crippen molar-refractivity contribution in [1.82, 2.24) is 5.32 Å². The number of ether oxygens (including phenoxy) is 1. The summed E-state index contributed by atoms with van der Waals surface area (Å²) in [6, 6.07) is 14.7. The number of hydrogen-bond donors (Lipinski definition) is 1. The van der Waals surface area contributed by atoms with Crippen LogP contribution >= 0.6 is 15.9 Å². The summed E-state index contributed by atoms with van der Waals surface area (Å²) >= 11 is 3.52. The Bertz CT molecular complexity index is 583. The van der Waals surface area contributed by atoms with Crippen molar-refractivity contribution in [3.63, 3.8) is 0 Å². The molecule has 0 saturated carbocycles. The third-order valence-corrected chi connectivity index (χ3v) is 3.89. The van der Waals surface area contributed by atoms with Gasteiger partial charge >= 0.3 is 0 Å². The highest BCUT2D eigenvalue weighted by atomic mass is 79.9. The van der Waals surface area contributed by atoms with E-state index in [9.17, 15) is 0 Å². The summed E-state index contributed by atoms with van der Waals surface area (Å²) in [5.41, 5.74) is 3.71. The Morgan fingerprint density at radius 1 is 1.15 bits per heavy atom. The van der Waals surface area contributed by atoms with Crippen molar-refractivity contribution in [1.29, 1.82) is 0 Å². The van der Waals surface area contributed by atoms with Gasteiger partial charge in [0.25, 0.3) is 0 Å². The van der Waals surface area contributed by atoms with Crippen molar-refractivity contribution in [2.75, 3.05) is 13.7 Å². The molecule has 0 aliphatic heterocycles. The zero-order valence-corrected chi connectivity index (χ0v) is 13.7. The number of hydrogen-bond acceptors (Lipinski definition) is 2. The molecule has 0 heterocycles. The molecule has 0 spiro atoms. The van der Waals surface area contributed by atoms with Crippen LogP contribution in [-0.4, -0.2) is 13.7 Å². The second-order valence-corrected chi connectivity index (χ2v) is 5.65. The summed E-state index contributed by atoms with van der Waals surface area (Å²) < 4.78 is 6.61. The van der Waals surface area contributed by atoms with Crippen molar-refractivity contribution in [3.05, 3.63) is 63.6 Å². The molecule has 1 atom stereocenters. The van der Waals surface area contributed by atoms with Crippen LogP contribution in [0.2, 0.25) is 0 Å². The van der Waals surface area contributed by atoms with Gasteiger partial charge in [0.15, 0.2) is 0 Å².